The summed E-state index contributed by atoms with van der Waals surface area (Å²) in [4.78, 5) is 15.7. The molecule has 0 radical (unpaired) electrons. The molecule has 1 aromatic rings. The molecule has 0 saturated heterocycles. The number of pyridine rings is 1. The first-order chi connectivity index (χ1) is 7.44. The molecule has 1 aromatic heterocycles. The highest BCUT2D eigenvalue weighted by Gasteiger charge is 2.20. The van der Waals surface area contributed by atoms with E-state index in [1.807, 2.05) is 27.7 Å². The lowest BCUT2D eigenvalue weighted by molar-refractivity contribution is 0.00655. The molecule has 0 atom stereocenters. The van der Waals surface area contributed by atoms with Crippen molar-refractivity contribution >= 4 is 5.97 Å². The Hall–Kier alpha value is -1.58. The van der Waals surface area contributed by atoms with Gasteiger partial charge in [0.2, 0.25) is 0 Å². The van der Waals surface area contributed by atoms with Crippen LogP contribution in [0.15, 0.2) is 18.5 Å². The Bertz CT molecular complexity index is 369. The van der Waals surface area contributed by atoms with Gasteiger partial charge in [0, 0.05) is 12.4 Å². The van der Waals surface area contributed by atoms with Crippen LogP contribution in [-0.2, 0) is 4.74 Å². The highest BCUT2D eigenvalue weighted by molar-refractivity contribution is 5.92. The van der Waals surface area contributed by atoms with Crippen LogP contribution in [0.5, 0.6) is 5.75 Å². The summed E-state index contributed by atoms with van der Waals surface area (Å²) in [6, 6.07) is 1.66. The average Bonchev–Trinajstić information content (AvgIpc) is 2.16. The maximum atomic E-state index is 11.8. The molecule has 0 aliphatic heterocycles. The number of hydrogen-bond acceptors (Lipinski definition) is 4. The Morgan fingerprint density at radius 3 is 2.69 bits per heavy atom. The number of carbonyl (C=O) groups is 1. The monoisotopic (exact) mass is 223 g/mol. The van der Waals surface area contributed by atoms with Crippen molar-refractivity contribution in [3.8, 4) is 5.75 Å². The third kappa shape index (κ3) is 3.53. The largest absolute Gasteiger partial charge is 0.493 e. The van der Waals surface area contributed by atoms with E-state index >= 15 is 0 Å². The second kappa shape index (κ2) is 4.96. The van der Waals surface area contributed by atoms with Gasteiger partial charge < -0.3 is 9.47 Å². The molecule has 0 aliphatic carbocycles. The van der Waals surface area contributed by atoms with Crippen molar-refractivity contribution < 1.29 is 14.3 Å². The molecule has 0 aliphatic rings. The van der Waals surface area contributed by atoms with Crippen LogP contribution in [0.3, 0.4) is 0 Å². The first-order valence-corrected chi connectivity index (χ1v) is 5.24. The fraction of sp³-hybridized carbons (Fsp3) is 0.500. The molecule has 0 N–H and O–H groups in total. The van der Waals surface area contributed by atoms with Gasteiger partial charge >= 0.3 is 5.97 Å². The normalized spacial score (nSPS) is 11.0. The molecule has 0 unspecified atom stereocenters. The summed E-state index contributed by atoms with van der Waals surface area (Å²) in [6.45, 7) is 7.82. The van der Waals surface area contributed by atoms with Crippen molar-refractivity contribution in [1.29, 1.82) is 0 Å². The summed E-state index contributed by atoms with van der Waals surface area (Å²) in [5, 5.41) is 0. The van der Waals surface area contributed by atoms with Crippen LogP contribution in [0.2, 0.25) is 0 Å². The summed E-state index contributed by atoms with van der Waals surface area (Å²) in [6.07, 6.45) is 3.04. The van der Waals surface area contributed by atoms with Gasteiger partial charge in [-0.3, -0.25) is 4.98 Å². The molecule has 0 bridgehead atoms. The third-order valence-corrected chi connectivity index (χ3v) is 1.70. The predicted molar refractivity (Wildman–Crippen MR) is 60.6 cm³/mol. The molecular formula is C12H17NO3. The van der Waals surface area contributed by atoms with E-state index in [1.54, 1.807) is 12.3 Å². The van der Waals surface area contributed by atoms with Gasteiger partial charge in [-0.2, -0.15) is 0 Å². The second-order valence-corrected chi connectivity index (χ2v) is 4.31. The number of carbonyl (C=O) groups excluding carboxylic acids is 1. The number of hydrogen-bond donors (Lipinski definition) is 0. The molecule has 0 saturated carbocycles. The van der Waals surface area contributed by atoms with Gasteiger partial charge in [0.1, 0.15) is 16.9 Å². The predicted octanol–water partition coefficient (Wildman–Crippen LogP) is 2.44. The van der Waals surface area contributed by atoms with Crippen molar-refractivity contribution in [2.45, 2.75) is 33.3 Å². The van der Waals surface area contributed by atoms with Gasteiger partial charge in [0.25, 0.3) is 0 Å². The maximum absolute atomic E-state index is 11.8. The maximum Gasteiger partial charge on any atom is 0.344 e. The van der Waals surface area contributed by atoms with Crippen LogP contribution in [0.1, 0.15) is 38.1 Å². The third-order valence-electron chi connectivity index (χ3n) is 1.70. The van der Waals surface area contributed by atoms with Crippen LogP contribution in [0.25, 0.3) is 0 Å². The van der Waals surface area contributed by atoms with Crippen LogP contribution in [0, 0.1) is 0 Å². The Labute approximate surface area is 95.6 Å². The van der Waals surface area contributed by atoms with E-state index in [4.69, 9.17) is 9.47 Å². The van der Waals surface area contributed by atoms with E-state index in [2.05, 4.69) is 4.98 Å². The van der Waals surface area contributed by atoms with E-state index in [9.17, 15) is 4.79 Å². The van der Waals surface area contributed by atoms with Crippen LogP contribution >= 0.6 is 0 Å². The molecule has 0 amide bonds. The van der Waals surface area contributed by atoms with Crippen LogP contribution in [0.4, 0.5) is 0 Å². The Morgan fingerprint density at radius 2 is 2.12 bits per heavy atom. The summed E-state index contributed by atoms with van der Waals surface area (Å²) < 4.78 is 10.6. The molecule has 88 valence electrons. The van der Waals surface area contributed by atoms with Gasteiger partial charge in [0.05, 0.1) is 6.61 Å². The minimum absolute atomic E-state index is 0.360. The standard InChI is InChI=1S/C12H17NO3/c1-5-15-10-6-7-13-8-9(10)11(14)16-12(2,3)4/h6-8H,5H2,1-4H3. The van der Waals surface area contributed by atoms with Gasteiger partial charge in [-0.1, -0.05) is 0 Å². The van der Waals surface area contributed by atoms with Crippen molar-refractivity contribution in [3.05, 3.63) is 24.0 Å². The number of nitrogens with zero attached hydrogens (tertiary/aromatic N) is 1. The molecule has 0 fully saturated rings. The molecule has 1 heterocycles. The zero-order valence-corrected chi connectivity index (χ0v) is 10.1. The quantitative estimate of drug-likeness (QED) is 0.738. The average molecular weight is 223 g/mol. The number of rotatable bonds is 3. The number of ether oxygens (including phenoxy) is 2. The Morgan fingerprint density at radius 1 is 1.44 bits per heavy atom. The molecule has 4 heteroatoms. The fourth-order valence-electron chi connectivity index (χ4n) is 1.15. The molecule has 4 nitrogen and oxygen atoms in total. The number of aromatic nitrogens is 1. The van der Waals surface area contributed by atoms with E-state index in [0.717, 1.165) is 0 Å². The Balaban J connectivity index is 2.90. The van der Waals surface area contributed by atoms with Crippen molar-refractivity contribution in [1.82, 2.24) is 4.98 Å². The van der Waals surface area contributed by atoms with Gasteiger partial charge in [-0.25, -0.2) is 4.79 Å². The van der Waals surface area contributed by atoms with Gasteiger partial charge in [0.15, 0.2) is 0 Å². The first kappa shape index (κ1) is 12.5. The van der Waals surface area contributed by atoms with E-state index in [-0.39, 0.29) is 0 Å². The van der Waals surface area contributed by atoms with Gasteiger partial charge in [-0.15, -0.1) is 0 Å². The second-order valence-electron chi connectivity index (χ2n) is 4.31. The van der Waals surface area contributed by atoms with Crippen molar-refractivity contribution in [2.24, 2.45) is 0 Å². The van der Waals surface area contributed by atoms with E-state index in [0.29, 0.717) is 17.9 Å². The SMILES string of the molecule is CCOc1ccncc1C(=O)OC(C)(C)C. The van der Waals surface area contributed by atoms with Crippen LogP contribution < -0.4 is 4.74 Å². The summed E-state index contributed by atoms with van der Waals surface area (Å²) in [5.41, 5.74) is -0.157. The zero-order valence-electron chi connectivity index (χ0n) is 10.1. The highest BCUT2D eigenvalue weighted by Crippen LogP contribution is 2.20. The first-order valence-electron chi connectivity index (χ1n) is 5.24. The summed E-state index contributed by atoms with van der Waals surface area (Å²) in [5.74, 6) is 0.0933. The van der Waals surface area contributed by atoms with Gasteiger partial charge in [-0.05, 0) is 33.8 Å². The molecule has 0 spiro atoms. The summed E-state index contributed by atoms with van der Waals surface area (Å²) >= 11 is 0. The summed E-state index contributed by atoms with van der Waals surface area (Å²) in [7, 11) is 0. The van der Waals surface area contributed by atoms with E-state index in [1.165, 1.54) is 6.20 Å². The highest BCUT2D eigenvalue weighted by atomic mass is 16.6. The smallest absolute Gasteiger partial charge is 0.344 e. The zero-order chi connectivity index (χ0) is 12.2. The van der Waals surface area contributed by atoms with Crippen molar-refractivity contribution in [3.63, 3.8) is 0 Å². The fourth-order valence-corrected chi connectivity index (χ4v) is 1.15. The topological polar surface area (TPSA) is 48.4 Å². The minimum Gasteiger partial charge on any atom is -0.493 e. The molecular weight excluding hydrogens is 206 g/mol. The molecule has 16 heavy (non-hydrogen) atoms. The lowest BCUT2D eigenvalue weighted by Gasteiger charge is -2.20. The molecule has 1 rings (SSSR count). The Kier molecular flexibility index (Phi) is 3.88. The lowest BCUT2D eigenvalue weighted by atomic mass is 10.2. The van der Waals surface area contributed by atoms with E-state index < -0.39 is 11.6 Å². The van der Waals surface area contributed by atoms with Crippen molar-refractivity contribution in [2.75, 3.05) is 6.61 Å². The lowest BCUT2D eigenvalue weighted by Crippen LogP contribution is -2.24. The minimum atomic E-state index is -0.517. The number of esters is 1. The van der Waals surface area contributed by atoms with Crippen LogP contribution in [-0.4, -0.2) is 23.2 Å². The molecule has 0 aromatic carbocycles.